The molecule has 1 saturated heterocycles. The van der Waals surface area contributed by atoms with E-state index in [-0.39, 0.29) is 16.8 Å². The average molecular weight is 238 g/mol. The van der Waals surface area contributed by atoms with Crippen molar-refractivity contribution >= 4 is 27.2 Å². The Morgan fingerprint density at radius 3 is 2.79 bits per heavy atom. The van der Waals surface area contributed by atoms with E-state index in [1.807, 2.05) is 0 Å². The highest BCUT2D eigenvalue weighted by molar-refractivity contribution is 7.92. The van der Waals surface area contributed by atoms with Crippen LogP contribution in [0.5, 0.6) is 0 Å². The Hall–Kier alpha value is -0.240. The van der Waals surface area contributed by atoms with Crippen molar-refractivity contribution in [3.8, 4) is 0 Å². The minimum absolute atomic E-state index is 0.00359. The minimum atomic E-state index is -3.32. The van der Waals surface area contributed by atoms with Gasteiger partial charge in [0.15, 0.2) is 0 Å². The van der Waals surface area contributed by atoms with Gasteiger partial charge >= 0.3 is 0 Å². The molecule has 14 heavy (non-hydrogen) atoms. The van der Waals surface area contributed by atoms with Crippen molar-refractivity contribution in [3.05, 3.63) is 0 Å². The Bertz CT molecular complexity index is 315. The van der Waals surface area contributed by atoms with E-state index < -0.39 is 10.0 Å². The van der Waals surface area contributed by atoms with Gasteiger partial charge in [-0.25, -0.2) is 8.42 Å². The first-order valence-corrected chi connectivity index (χ1v) is 6.26. The van der Waals surface area contributed by atoms with Crippen molar-refractivity contribution in [2.24, 2.45) is 5.73 Å². The van der Waals surface area contributed by atoms with Crippen LogP contribution in [0.2, 0.25) is 0 Å². The third-order valence-corrected chi connectivity index (χ3v) is 4.28. The highest BCUT2D eigenvalue weighted by Gasteiger charge is 2.31. The molecule has 1 unspecified atom stereocenters. The molecule has 0 saturated carbocycles. The SMILES string of the molecule is COC1CCN(S(=O)(=O)CC(N)=S)C1. The number of hydrogen-bond donors (Lipinski definition) is 1. The number of rotatable bonds is 4. The first kappa shape index (κ1) is 11.8. The maximum absolute atomic E-state index is 11.6. The average Bonchev–Trinajstić information content (AvgIpc) is 2.49. The van der Waals surface area contributed by atoms with Gasteiger partial charge in [0.1, 0.15) is 5.75 Å². The van der Waals surface area contributed by atoms with Crippen LogP contribution in [0.15, 0.2) is 0 Å². The molecule has 0 bridgehead atoms. The van der Waals surface area contributed by atoms with E-state index in [0.29, 0.717) is 13.1 Å². The van der Waals surface area contributed by atoms with Crippen LogP contribution in [0.25, 0.3) is 0 Å². The molecule has 0 aromatic rings. The number of sulfonamides is 1. The van der Waals surface area contributed by atoms with Gasteiger partial charge in [0.25, 0.3) is 0 Å². The summed E-state index contributed by atoms with van der Waals surface area (Å²) < 4.78 is 29.7. The lowest BCUT2D eigenvalue weighted by atomic mass is 10.3. The first-order valence-electron chi connectivity index (χ1n) is 4.24. The van der Waals surface area contributed by atoms with Gasteiger partial charge < -0.3 is 10.5 Å². The summed E-state index contributed by atoms with van der Waals surface area (Å²) in [5, 5.41) is 0. The molecule has 0 amide bonds. The van der Waals surface area contributed by atoms with Gasteiger partial charge in [-0.05, 0) is 6.42 Å². The van der Waals surface area contributed by atoms with Crippen LogP contribution in [0.4, 0.5) is 0 Å². The predicted molar refractivity (Wildman–Crippen MR) is 57.6 cm³/mol. The lowest BCUT2D eigenvalue weighted by Gasteiger charge is -2.15. The molecule has 0 radical (unpaired) electrons. The molecule has 0 aromatic carbocycles. The topological polar surface area (TPSA) is 72.6 Å². The van der Waals surface area contributed by atoms with Crippen molar-refractivity contribution in [3.63, 3.8) is 0 Å². The lowest BCUT2D eigenvalue weighted by Crippen LogP contribution is -2.36. The van der Waals surface area contributed by atoms with Crippen LogP contribution in [0, 0.1) is 0 Å². The molecule has 1 heterocycles. The minimum Gasteiger partial charge on any atom is -0.392 e. The number of nitrogens with two attached hydrogens (primary N) is 1. The second-order valence-electron chi connectivity index (χ2n) is 3.23. The molecule has 1 atom stereocenters. The Morgan fingerprint density at radius 2 is 2.36 bits per heavy atom. The molecule has 1 fully saturated rings. The number of nitrogens with zero attached hydrogens (tertiary/aromatic N) is 1. The Kier molecular flexibility index (Phi) is 3.82. The van der Waals surface area contributed by atoms with Crippen LogP contribution in [-0.2, 0) is 14.8 Å². The van der Waals surface area contributed by atoms with E-state index in [1.54, 1.807) is 7.11 Å². The Morgan fingerprint density at radius 1 is 1.71 bits per heavy atom. The molecule has 0 spiro atoms. The number of ether oxygens (including phenoxy) is 1. The largest absolute Gasteiger partial charge is 0.392 e. The summed E-state index contributed by atoms with van der Waals surface area (Å²) in [5.74, 6) is -0.251. The standard InChI is InChI=1S/C7H14N2O3S2/c1-12-6-2-3-9(4-6)14(10,11)5-7(8)13/h6H,2-5H2,1H3,(H2,8,13). The summed E-state index contributed by atoms with van der Waals surface area (Å²) in [7, 11) is -1.74. The summed E-state index contributed by atoms with van der Waals surface area (Å²) in [4.78, 5) is 0.00543. The van der Waals surface area contributed by atoms with Crippen LogP contribution >= 0.6 is 12.2 Å². The van der Waals surface area contributed by atoms with Gasteiger partial charge in [0.05, 0.1) is 11.1 Å². The lowest BCUT2D eigenvalue weighted by molar-refractivity contribution is 0.115. The van der Waals surface area contributed by atoms with Crippen molar-refractivity contribution in [1.82, 2.24) is 4.31 Å². The normalized spacial score (nSPS) is 23.9. The van der Waals surface area contributed by atoms with Gasteiger partial charge in [-0.3, -0.25) is 0 Å². The fraction of sp³-hybridized carbons (Fsp3) is 0.857. The van der Waals surface area contributed by atoms with E-state index in [1.165, 1.54) is 4.31 Å². The fourth-order valence-electron chi connectivity index (χ4n) is 1.41. The molecule has 0 aromatic heterocycles. The predicted octanol–water partition coefficient (Wildman–Crippen LogP) is -0.677. The molecule has 7 heteroatoms. The molecule has 1 aliphatic rings. The maximum atomic E-state index is 11.6. The smallest absolute Gasteiger partial charge is 0.220 e. The molecule has 2 N–H and O–H groups in total. The molecular formula is C7H14N2O3S2. The monoisotopic (exact) mass is 238 g/mol. The Balaban J connectivity index is 2.62. The van der Waals surface area contributed by atoms with E-state index in [2.05, 4.69) is 12.2 Å². The van der Waals surface area contributed by atoms with Crippen LogP contribution in [0.3, 0.4) is 0 Å². The van der Waals surface area contributed by atoms with Crippen molar-refractivity contribution in [2.75, 3.05) is 26.0 Å². The number of methoxy groups -OCH3 is 1. The van der Waals surface area contributed by atoms with Gasteiger partial charge in [0, 0.05) is 20.2 Å². The molecule has 1 aliphatic heterocycles. The van der Waals surface area contributed by atoms with Gasteiger partial charge in [-0.1, -0.05) is 12.2 Å². The van der Waals surface area contributed by atoms with E-state index in [4.69, 9.17) is 10.5 Å². The van der Waals surface area contributed by atoms with Crippen LogP contribution in [-0.4, -0.2) is 49.8 Å². The summed E-state index contributed by atoms with van der Waals surface area (Å²) in [6, 6.07) is 0. The quantitative estimate of drug-likeness (QED) is 0.657. The van der Waals surface area contributed by atoms with E-state index >= 15 is 0 Å². The fourth-order valence-corrected chi connectivity index (χ4v) is 3.18. The van der Waals surface area contributed by atoms with Crippen molar-refractivity contribution in [2.45, 2.75) is 12.5 Å². The molecule has 1 rings (SSSR count). The molecule has 0 aliphatic carbocycles. The van der Waals surface area contributed by atoms with Crippen molar-refractivity contribution in [1.29, 1.82) is 0 Å². The number of thiocarbonyl (C=S) groups is 1. The summed E-state index contributed by atoms with van der Waals surface area (Å²) in [5.41, 5.74) is 5.21. The third-order valence-electron chi connectivity index (χ3n) is 2.16. The maximum Gasteiger partial charge on any atom is 0.220 e. The first-order chi connectivity index (χ1) is 6.45. The van der Waals surface area contributed by atoms with Gasteiger partial charge in [0.2, 0.25) is 10.0 Å². The Labute approximate surface area is 89.3 Å². The zero-order chi connectivity index (χ0) is 10.8. The molecule has 5 nitrogen and oxygen atoms in total. The zero-order valence-electron chi connectivity index (χ0n) is 7.97. The van der Waals surface area contributed by atoms with Crippen LogP contribution in [0.1, 0.15) is 6.42 Å². The van der Waals surface area contributed by atoms with Crippen LogP contribution < -0.4 is 5.73 Å². The third kappa shape index (κ3) is 2.88. The molecule has 82 valence electrons. The second-order valence-corrected chi connectivity index (χ2v) is 5.72. The van der Waals surface area contributed by atoms with E-state index in [0.717, 1.165) is 6.42 Å². The number of hydrogen-bond acceptors (Lipinski definition) is 4. The summed E-state index contributed by atoms with van der Waals surface area (Å²) in [6.45, 7) is 0.894. The highest BCUT2D eigenvalue weighted by Crippen LogP contribution is 2.15. The van der Waals surface area contributed by atoms with Gasteiger partial charge in [-0.2, -0.15) is 4.31 Å². The van der Waals surface area contributed by atoms with Gasteiger partial charge in [-0.15, -0.1) is 0 Å². The highest BCUT2D eigenvalue weighted by atomic mass is 32.2. The zero-order valence-corrected chi connectivity index (χ0v) is 9.60. The summed E-state index contributed by atoms with van der Waals surface area (Å²) in [6.07, 6.45) is 0.726. The van der Waals surface area contributed by atoms with Crippen molar-refractivity contribution < 1.29 is 13.2 Å². The summed E-state index contributed by atoms with van der Waals surface area (Å²) >= 11 is 4.58. The van der Waals surface area contributed by atoms with E-state index in [9.17, 15) is 8.42 Å². The second kappa shape index (κ2) is 4.52. The molecular weight excluding hydrogens is 224 g/mol.